The van der Waals surface area contributed by atoms with Crippen LogP contribution in [-0.4, -0.2) is 55.0 Å². The van der Waals surface area contributed by atoms with E-state index in [9.17, 15) is 0 Å². The number of anilines is 1. The summed E-state index contributed by atoms with van der Waals surface area (Å²) in [6, 6.07) is 10.5. The topological polar surface area (TPSA) is 54.4 Å². The lowest BCUT2D eigenvalue weighted by molar-refractivity contribution is 0.261. The van der Waals surface area contributed by atoms with E-state index in [1.165, 1.54) is 5.56 Å². The van der Waals surface area contributed by atoms with E-state index < -0.39 is 0 Å². The van der Waals surface area contributed by atoms with Crippen molar-refractivity contribution in [3.05, 3.63) is 41.6 Å². The van der Waals surface area contributed by atoms with Gasteiger partial charge in [0.15, 0.2) is 0 Å². The van der Waals surface area contributed by atoms with Gasteiger partial charge in [0.2, 0.25) is 0 Å². The molecule has 0 unspecified atom stereocenters. The Bertz CT molecular complexity index is 665. The van der Waals surface area contributed by atoms with Crippen molar-refractivity contribution < 1.29 is 4.74 Å². The van der Waals surface area contributed by atoms with E-state index in [0.29, 0.717) is 12.5 Å². The predicted octanol–water partition coefficient (Wildman–Crippen LogP) is 1.96. The Labute approximate surface area is 150 Å². The van der Waals surface area contributed by atoms with Crippen molar-refractivity contribution in [2.24, 2.45) is 5.92 Å². The van der Waals surface area contributed by atoms with Crippen LogP contribution >= 0.6 is 0 Å². The number of ether oxygens (including phenoxy) is 1. The van der Waals surface area contributed by atoms with E-state index >= 15 is 0 Å². The van der Waals surface area contributed by atoms with Gasteiger partial charge in [-0.15, -0.1) is 0 Å². The quantitative estimate of drug-likeness (QED) is 0.767. The molecule has 3 rings (SSSR count). The Hall–Kier alpha value is -2.05. The number of rotatable bonds is 8. The molecule has 1 aromatic carbocycles. The summed E-state index contributed by atoms with van der Waals surface area (Å²) >= 11 is 0. The standard InChI is InChI=1S/C19H29N5O/c1-15-10-19-21-13-17(14-24(19)22-15)12-20-11-16-4-6-18(7-5-16)25-9-8-23(2)3/h4-7,10,17,20-21H,8-9,11-14H2,1-3H3/t17-/m0/s1. The molecule has 0 bridgehead atoms. The average molecular weight is 343 g/mol. The highest BCUT2D eigenvalue weighted by molar-refractivity contribution is 5.38. The second-order valence-corrected chi connectivity index (χ2v) is 7.03. The van der Waals surface area contributed by atoms with E-state index in [4.69, 9.17) is 4.74 Å². The number of likely N-dealkylation sites (N-methyl/N-ethyl adjacent to an activating group) is 1. The predicted molar refractivity (Wildman–Crippen MR) is 101 cm³/mol. The van der Waals surface area contributed by atoms with Crippen molar-refractivity contribution in [2.45, 2.75) is 20.0 Å². The maximum Gasteiger partial charge on any atom is 0.124 e. The minimum atomic E-state index is 0.556. The molecule has 1 atom stereocenters. The molecule has 1 aromatic heterocycles. The summed E-state index contributed by atoms with van der Waals surface area (Å²) in [6.07, 6.45) is 0. The van der Waals surface area contributed by atoms with Crippen molar-refractivity contribution in [1.82, 2.24) is 20.0 Å². The number of hydrogen-bond acceptors (Lipinski definition) is 5. The molecule has 1 aliphatic heterocycles. The average Bonchev–Trinajstić information content (AvgIpc) is 2.95. The summed E-state index contributed by atoms with van der Waals surface area (Å²) in [5.41, 5.74) is 2.35. The molecule has 0 aliphatic carbocycles. The minimum absolute atomic E-state index is 0.556. The van der Waals surface area contributed by atoms with Crippen LogP contribution in [0.3, 0.4) is 0 Å². The molecule has 2 heterocycles. The number of fused-ring (bicyclic) bond motifs is 1. The summed E-state index contributed by atoms with van der Waals surface area (Å²) < 4.78 is 7.80. The lowest BCUT2D eigenvalue weighted by Gasteiger charge is -2.25. The molecule has 6 heteroatoms. The molecule has 0 spiro atoms. The summed E-state index contributed by atoms with van der Waals surface area (Å²) in [6.45, 7) is 7.50. The Morgan fingerprint density at radius 3 is 2.88 bits per heavy atom. The second-order valence-electron chi connectivity index (χ2n) is 7.03. The number of benzene rings is 1. The fourth-order valence-corrected chi connectivity index (χ4v) is 2.99. The Morgan fingerprint density at radius 2 is 2.12 bits per heavy atom. The zero-order valence-electron chi connectivity index (χ0n) is 15.5. The van der Waals surface area contributed by atoms with Crippen LogP contribution < -0.4 is 15.4 Å². The zero-order chi connectivity index (χ0) is 17.6. The first kappa shape index (κ1) is 17.8. The van der Waals surface area contributed by atoms with E-state index in [2.05, 4.69) is 43.5 Å². The van der Waals surface area contributed by atoms with Crippen molar-refractivity contribution in [3.8, 4) is 5.75 Å². The smallest absolute Gasteiger partial charge is 0.124 e. The second kappa shape index (κ2) is 8.36. The molecule has 2 aromatic rings. The van der Waals surface area contributed by atoms with Crippen LogP contribution in [0.1, 0.15) is 11.3 Å². The number of aryl methyl sites for hydroxylation is 1. The van der Waals surface area contributed by atoms with E-state index in [-0.39, 0.29) is 0 Å². The molecular weight excluding hydrogens is 314 g/mol. The summed E-state index contributed by atoms with van der Waals surface area (Å²) in [5, 5.41) is 11.5. The van der Waals surface area contributed by atoms with Crippen molar-refractivity contribution in [3.63, 3.8) is 0 Å². The lowest BCUT2D eigenvalue weighted by atomic mass is 10.1. The van der Waals surface area contributed by atoms with Gasteiger partial charge in [0.1, 0.15) is 18.2 Å². The maximum atomic E-state index is 5.73. The van der Waals surface area contributed by atoms with Gasteiger partial charge in [-0.05, 0) is 38.7 Å². The molecule has 136 valence electrons. The molecule has 1 aliphatic rings. The molecule has 0 saturated heterocycles. The van der Waals surface area contributed by atoms with Gasteiger partial charge in [-0.2, -0.15) is 5.10 Å². The van der Waals surface area contributed by atoms with Crippen LogP contribution in [0, 0.1) is 12.8 Å². The fraction of sp³-hybridized carbons (Fsp3) is 0.526. The first-order valence-corrected chi connectivity index (χ1v) is 8.95. The molecule has 0 saturated carbocycles. The van der Waals surface area contributed by atoms with Crippen LogP contribution in [-0.2, 0) is 13.1 Å². The Balaban J connectivity index is 1.39. The third kappa shape index (κ3) is 5.21. The molecule has 6 nitrogen and oxygen atoms in total. The highest BCUT2D eigenvalue weighted by Crippen LogP contribution is 2.18. The third-order valence-electron chi connectivity index (χ3n) is 4.40. The SMILES string of the molecule is Cc1cc2n(n1)C[C@@H](CNCc1ccc(OCCN(C)C)cc1)CN2. The van der Waals surface area contributed by atoms with Crippen molar-refractivity contribution >= 4 is 5.82 Å². The molecule has 0 fully saturated rings. The highest BCUT2D eigenvalue weighted by atomic mass is 16.5. The van der Waals surface area contributed by atoms with Gasteiger partial charge in [0.05, 0.1) is 5.69 Å². The summed E-state index contributed by atoms with van der Waals surface area (Å²) in [4.78, 5) is 2.12. The first-order valence-electron chi connectivity index (χ1n) is 8.95. The highest BCUT2D eigenvalue weighted by Gasteiger charge is 2.18. The van der Waals surface area contributed by atoms with Gasteiger partial charge >= 0.3 is 0 Å². The maximum absolute atomic E-state index is 5.73. The molecule has 0 amide bonds. The van der Waals surface area contributed by atoms with Crippen LogP contribution in [0.25, 0.3) is 0 Å². The zero-order valence-corrected chi connectivity index (χ0v) is 15.5. The van der Waals surface area contributed by atoms with E-state index in [0.717, 1.165) is 50.0 Å². The van der Waals surface area contributed by atoms with E-state index in [1.807, 2.05) is 33.2 Å². The van der Waals surface area contributed by atoms with Gasteiger partial charge < -0.3 is 20.3 Å². The van der Waals surface area contributed by atoms with Crippen molar-refractivity contribution in [1.29, 1.82) is 0 Å². The summed E-state index contributed by atoms with van der Waals surface area (Å²) in [5.74, 6) is 2.63. The number of nitrogens with one attached hydrogen (secondary N) is 2. The number of hydrogen-bond donors (Lipinski definition) is 2. The Morgan fingerprint density at radius 1 is 1.32 bits per heavy atom. The van der Waals surface area contributed by atoms with Crippen LogP contribution in [0.15, 0.2) is 30.3 Å². The van der Waals surface area contributed by atoms with Gasteiger partial charge in [0, 0.05) is 44.7 Å². The van der Waals surface area contributed by atoms with Gasteiger partial charge in [0.25, 0.3) is 0 Å². The summed E-state index contributed by atoms with van der Waals surface area (Å²) in [7, 11) is 4.10. The van der Waals surface area contributed by atoms with Crippen LogP contribution in [0.5, 0.6) is 5.75 Å². The molecular formula is C19H29N5O. The largest absolute Gasteiger partial charge is 0.492 e. The minimum Gasteiger partial charge on any atom is -0.492 e. The lowest BCUT2D eigenvalue weighted by Crippen LogP contribution is -2.35. The van der Waals surface area contributed by atoms with Crippen LogP contribution in [0.4, 0.5) is 5.82 Å². The van der Waals surface area contributed by atoms with E-state index in [1.54, 1.807) is 0 Å². The fourth-order valence-electron chi connectivity index (χ4n) is 2.99. The molecule has 0 radical (unpaired) electrons. The van der Waals surface area contributed by atoms with Gasteiger partial charge in [-0.25, -0.2) is 4.68 Å². The molecule has 25 heavy (non-hydrogen) atoms. The third-order valence-corrected chi connectivity index (χ3v) is 4.40. The molecule has 2 N–H and O–H groups in total. The first-order chi connectivity index (χ1) is 12.1. The van der Waals surface area contributed by atoms with Crippen LogP contribution in [0.2, 0.25) is 0 Å². The normalized spacial score (nSPS) is 16.6. The Kier molecular flexibility index (Phi) is 5.94. The number of aromatic nitrogens is 2. The van der Waals surface area contributed by atoms with Gasteiger partial charge in [-0.3, -0.25) is 0 Å². The monoisotopic (exact) mass is 343 g/mol. The number of nitrogens with zero attached hydrogens (tertiary/aromatic N) is 3. The van der Waals surface area contributed by atoms with Crippen molar-refractivity contribution in [2.75, 3.05) is 45.7 Å². The van der Waals surface area contributed by atoms with Gasteiger partial charge in [-0.1, -0.05) is 12.1 Å².